The molecular formula is C25H28N4O5S. The van der Waals surface area contributed by atoms with Gasteiger partial charge in [0.2, 0.25) is 15.9 Å². The lowest BCUT2D eigenvalue weighted by molar-refractivity contribution is -0.114. The van der Waals surface area contributed by atoms with Crippen LogP contribution in [0.2, 0.25) is 0 Å². The van der Waals surface area contributed by atoms with Gasteiger partial charge in [-0.1, -0.05) is 6.07 Å². The summed E-state index contributed by atoms with van der Waals surface area (Å²) in [6.45, 7) is 2.41. The van der Waals surface area contributed by atoms with Crippen LogP contribution in [0.4, 0.5) is 17.1 Å². The molecule has 3 N–H and O–H groups in total. The van der Waals surface area contributed by atoms with Crippen LogP contribution in [0, 0.1) is 0 Å². The van der Waals surface area contributed by atoms with Gasteiger partial charge in [-0.05, 0) is 73.7 Å². The Morgan fingerprint density at radius 3 is 2.11 bits per heavy atom. The number of benzene rings is 3. The summed E-state index contributed by atoms with van der Waals surface area (Å²) in [5.41, 5.74) is 2.11. The van der Waals surface area contributed by atoms with Crippen LogP contribution >= 0.6 is 0 Å². The van der Waals surface area contributed by atoms with Gasteiger partial charge in [0.15, 0.2) is 0 Å². The van der Waals surface area contributed by atoms with E-state index < -0.39 is 10.0 Å². The minimum Gasteiger partial charge on any atom is -0.494 e. The third kappa shape index (κ3) is 7.05. The normalized spacial score (nSPS) is 11.1. The smallest absolute Gasteiger partial charge is 0.255 e. The largest absolute Gasteiger partial charge is 0.494 e. The molecule has 0 heterocycles. The van der Waals surface area contributed by atoms with E-state index in [0.717, 1.165) is 10.1 Å². The molecule has 0 radical (unpaired) electrons. The highest BCUT2D eigenvalue weighted by Crippen LogP contribution is 2.19. The summed E-state index contributed by atoms with van der Waals surface area (Å²) in [5, 5.41) is 8.46. The standard InChI is InChI=1S/C25H28N4O5S/c1-4-34-22-14-12-20(13-15-22)28-25(31)18-8-10-19(11-9-18)27-24(30)17-26-21-6-5-7-23(16-21)35(32,33)29(2)3/h5-16,26H,4,17H2,1-3H3,(H,27,30)(H,28,31). The number of anilines is 3. The number of carbonyl (C=O) groups is 2. The molecule has 0 aromatic heterocycles. The van der Waals surface area contributed by atoms with Gasteiger partial charge in [0.1, 0.15) is 5.75 Å². The molecule has 0 fully saturated rings. The molecule has 0 bridgehead atoms. The summed E-state index contributed by atoms with van der Waals surface area (Å²) in [4.78, 5) is 24.9. The van der Waals surface area contributed by atoms with Crippen molar-refractivity contribution in [3.05, 3.63) is 78.4 Å². The van der Waals surface area contributed by atoms with Crippen molar-refractivity contribution in [1.29, 1.82) is 0 Å². The van der Waals surface area contributed by atoms with Crippen LogP contribution < -0.4 is 20.7 Å². The Labute approximate surface area is 205 Å². The van der Waals surface area contributed by atoms with Crippen molar-refractivity contribution >= 4 is 38.9 Å². The second kappa shape index (κ2) is 11.5. The average Bonchev–Trinajstić information content (AvgIpc) is 2.84. The van der Waals surface area contributed by atoms with Crippen LogP contribution in [-0.2, 0) is 14.8 Å². The summed E-state index contributed by atoms with van der Waals surface area (Å²) in [6, 6.07) is 19.8. The lowest BCUT2D eigenvalue weighted by Gasteiger charge is -2.13. The molecule has 0 saturated heterocycles. The highest BCUT2D eigenvalue weighted by Gasteiger charge is 2.17. The Morgan fingerprint density at radius 2 is 1.49 bits per heavy atom. The van der Waals surface area contributed by atoms with Gasteiger partial charge in [-0.15, -0.1) is 0 Å². The molecule has 2 amide bonds. The number of hydrogen-bond donors (Lipinski definition) is 3. The van der Waals surface area contributed by atoms with E-state index in [-0.39, 0.29) is 23.3 Å². The van der Waals surface area contributed by atoms with Crippen molar-refractivity contribution in [2.75, 3.05) is 43.2 Å². The first-order valence-electron chi connectivity index (χ1n) is 10.9. The number of amides is 2. The zero-order valence-corrected chi connectivity index (χ0v) is 20.6. The van der Waals surface area contributed by atoms with E-state index in [1.54, 1.807) is 60.7 Å². The van der Waals surface area contributed by atoms with Crippen molar-refractivity contribution in [2.24, 2.45) is 0 Å². The van der Waals surface area contributed by atoms with Crippen LogP contribution in [0.15, 0.2) is 77.7 Å². The van der Waals surface area contributed by atoms with Crippen LogP contribution in [0.1, 0.15) is 17.3 Å². The van der Waals surface area contributed by atoms with Crippen molar-refractivity contribution in [2.45, 2.75) is 11.8 Å². The summed E-state index contributed by atoms with van der Waals surface area (Å²) in [6.07, 6.45) is 0. The Kier molecular flexibility index (Phi) is 8.45. The van der Waals surface area contributed by atoms with Gasteiger partial charge in [-0.25, -0.2) is 12.7 Å². The fourth-order valence-corrected chi connectivity index (χ4v) is 4.02. The Balaban J connectivity index is 1.53. The van der Waals surface area contributed by atoms with E-state index in [4.69, 9.17) is 4.74 Å². The minimum absolute atomic E-state index is 0.0640. The van der Waals surface area contributed by atoms with Crippen molar-refractivity contribution in [3.63, 3.8) is 0 Å². The van der Waals surface area contributed by atoms with Crippen molar-refractivity contribution < 1.29 is 22.7 Å². The number of rotatable bonds is 10. The van der Waals surface area contributed by atoms with Gasteiger partial charge in [-0.2, -0.15) is 0 Å². The predicted octanol–water partition coefficient (Wildman–Crippen LogP) is 3.64. The molecule has 0 saturated carbocycles. The van der Waals surface area contributed by atoms with E-state index in [9.17, 15) is 18.0 Å². The number of ether oxygens (including phenoxy) is 1. The maximum atomic E-state index is 12.5. The zero-order chi connectivity index (χ0) is 25.4. The first kappa shape index (κ1) is 25.7. The summed E-state index contributed by atoms with van der Waals surface area (Å²) in [7, 11) is -0.655. The number of sulfonamides is 1. The molecule has 0 atom stereocenters. The molecule has 35 heavy (non-hydrogen) atoms. The van der Waals surface area contributed by atoms with Gasteiger partial charge in [0.05, 0.1) is 18.0 Å². The first-order chi connectivity index (χ1) is 16.7. The van der Waals surface area contributed by atoms with E-state index in [1.807, 2.05) is 6.92 Å². The van der Waals surface area contributed by atoms with E-state index >= 15 is 0 Å². The molecule has 0 aliphatic rings. The second-order valence-corrected chi connectivity index (χ2v) is 9.86. The van der Waals surface area contributed by atoms with Crippen LogP contribution in [0.25, 0.3) is 0 Å². The third-order valence-corrected chi connectivity index (χ3v) is 6.73. The molecule has 0 aliphatic heterocycles. The Morgan fingerprint density at radius 1 is 0.857 bits per heavy atom. The van der Waals surface area contributed by atoms with Crippen LogP contribution in [0.3, 0.4) is 0 Å². The Bertz CT molecular complexity index is 1270. The van der Waals surface area contributed by atoms with Gasteiger partial charge < -0.3 is 20.7 Å². The Hall–Kier alpha value is -3.89. The average molecular weight is 497 g/mol. The van der Waals surface area contributed by atoms with E-state index in [2.05, 4.69) is 16.0 Å². The van der Waals surface area contributed by atoms with Gasteiger partial charge in [0, 0.05) is 36.7 Å². The number of carbonyl (C=O) groups excluding carboxylic acids is 2. The maximum absolute atomic E-state index is 12.5. The lowest BCUT2D eigenvalue weighted by atomic mass is 10.2. The second-order valence-electron chi connectivity index (χ2n) is 7.71. The van der Waals surface area contributed by atoms with Crippen molar-refractivity contribution in [1.82, 2.24) is 4.31 Å². The lowest BCUT2D eigenvalue weighted by Crippen LogP contribution is -2.23. The topological polar surface area (TPSA) is 117 Å². The van der Waals surface area contributed by atoms with Crippen LogP contribution in [0.5, 0.6) is 5.75 Å². The fraction of sp³-hybridized carbons (Fsp3) is 0.200. The molecule has 184 valence electrons. The van der Waals surface area contributed by atoms with Gasteiger partial charge >= 0.3 is 0 Å². The molecule has 9 nitrogen and oxygen atoms in total. The molecule has 3 rings (SSSR count). The fourth-order valence-electron chi connectivity index (χ4n) is 3.07. The maximum Gasteiger partial charge on any atom is 0.255 e. The highest BCUT2D eigenvalue weighted by molar-refractivity contribution is 7.89. The summed E-state index contributed by atoms with van der Waals surface area (Å²) < 4.78 is 31.0. The summed E-state index contributed by atoms with van der Waals surface area (Å²) in [5.74, 6) is 0.130. The van der Waals surface area contributed by atoms with Gasteiger partial charge in [0.25, 0.3) is 5.91 Å². The number of nitrogens with zero attached hydrogens (tertiary/aromatic N) is 1. The van der Waals surface area contributed by atoms with E-state index in [0.29, 0.717) is 29.2 Å². The highest BCUT2D eigenvalue weighted by atomic mass is 32.2. The number of nitrogens with one attached hydrogen (secondary N) is 3. The first-order valence-corrected chi connectivity index (χ1v) is 12.3. The molecule has 3 aromatic rings. The SMILES string of the molecule is CCOc1ccc(NC(=O)c2ccc(NC(=O)CNc3cccc(S(=O)(=O)N(C)C)c3)cc2)cc1. The minimum atomic E-state index is -3.57. The molecule has 10 heteroatoms. The van der Waals surface area contributed by atoms with Crippen molar-refractivity contribution in [3.8, 4) is 5.75 Å². The van der Waals surface area contributed by atoms with Gasteiger partial charge in [-0.3, -0.25) is 9.59 Å². The molecule has 0 aliphatic carbocycles. The quantitative estimate of drug-likeness (QED) is 0.395. The summed E-state index contributed by atoms with van der Waals surface area (Å²) >= 11 is 0. The molecule has 3 aromatic carbocycles. The predicted molar refractivity (Wildman–Crippen MR) is 136 cm³/mol. The van der Waals surface area contributed by atoms with Crippen LogP contribution in [-0.4, -0.2) is 51.8 Å². The molecule has 0 unspecified atom stereocenters. The zero-order valence-electron chi connectivity index (χ0n) is 19.7. The number of hydrogen-bond acceptors (Lipinski definition) is 6. The molecular weight excluding hydrogens is 468 g/mol. The monoisotopic (exact) mass is 496 g/mol. The third-order valence-electron chi connectivity index (χ3n) is 4.92. The molecule has 0 spiro atoms. The van der Waals surface area contributed by atoms with E-state index in [1.165, 1.54) is 26.2 Å².